The first kappa shape index (κ1) is 12.8. The van der Waals surface area contributed by atoms with Gasteiger partial charge in [-0.3, -0.25) is 4.68 Å². The van der Waals surface area contributed by atoms with Crippen LogP contribution in [0.15, 0.2) is 17.1 Å². The fourth-order valence-corrected chi connectivity index (χ4v) is 1.88. The van der Waals surface area contributed by atoms with Gasteiger partial charge in [-0.15, -0.1) is 0 Å². The van der Waals surface area contributed by atoms with E-state index in [4.69, 9.17) is 0 Å². The van der Waals surface area contributed by atoms with Crippen molar-refractivity contribution in [1.29, 1.82) is 0 Å². The van der Waals surface area contributed by atoms with Gasteiger partial charge in [0.25, 0.3) is 0 Å². The molecule has 0 aliphatic heterocycles. The molecule has 0 spiro atoms. The van der Waals surface area contributed by atoms with Gasteiger partial charge >= 0.3 is 0 Å². The van der Waals surface area contributed by atoms with Crippen molar-refractivity contribution in [3.05, 3.63) is 29.7 Å². The van der Waals surface area contributed by atoms with Crippen molar-refractivity contribution in [2.45, 2.75) is 39.3 Å². The summed E-state index contributed by atoms with van der Waals surface area (Å²) >= 11 is 0. The van der Waals surface area contributed by atoms with Crippen LogP contribution in [0.1, 0.15) is 37.9 Å². The molecule has 0 radical (unpaired) electrons. The third kappa shape index (κ3) is 2.95. The number of nitrogens with one attached hydrogen (secondary N) is 1. The average molecular weight is 249 g/mol. The third-order valence-corrected chi connectivity index (χ3v) is 2.62. The van der Waals surface area contributed by atoms with Gasteiger partial charge in [0.05, 0.1) is 12.2 Å². The van der Waals surface area contributed by atoms with Crippen LogP contribution in [0, 0.1) is 0 Å². The smallest absolute Gasteiger partial charge is 0.213 e. The number of aromatic nitrogens is 4. The molecule has 1 N–H and O–H groups in total. The van der Waals surface area contributed by atoms with Crippen LogP contribution in [-0.2, 0) is 25.6 Å². The van der Waals surface area contributed by atoms with E-state index in [-0.39, 0.29) is 5.41 Å². The zero-order valence-electron chi connectivity index (χ0n) is 11.3. The SMILES string of the molecule is Cn1cc(CNCc2ncon2)c(C(C)(C)C)n1. The van der Waals surface area contributed by atoms with E-state index in [0.29, 0.717) is 12.4 Å². The van der Waals surface area contributed by atoms with Gasteiger partial charge in [0.2, 0.25) is 6.39 Å². The van der Waals surface area contributed by atoms with Crippen LogP contribution in [0.5, 0.6) is 0 Å². The fraction of sp³-hybridized carbons (Fsp3) is 0.583. The Kier molecular flexibility index (Phi) is 3.47. The van der Waals surface area contributed by atoms with Gasteiger partial charge in [0.1, 0.15) is 0 Å². The lowest BCUT2D eigenvalue weighted by molar-refractivity contribution is 0.407. The van der Waals surface area contributed by atoms with Crippen molar-refractivity contribution in [3.8, 4) is 0 Å². The second-order valence-corrected chi connectivity index (χ2v) is 5.38. The largest absolute Gasteiger partial charge is 0.343 e. The summed E-state index contributed by atoms with van der Waals surface area (Å²) in [6.07, 6.45) is 3.38. The second-order valence-electron chi connectivity index (χ2n) is 5.38. The number of hydrogen-bond acceptors (Lipinski definition) is 5. The molecule has 6 nitrogen and oxygen atoms in total. The predicted octanol–water partition coefficient (Wildman–Crippen LogP) is 1.39. The minimum atomic E-state index is 0.0460. The molecule has 6 heteroatoms. The molecule has 2 aromatic rings. The van der Waals surface area contributed by atoms with Crippen molar-refractivity contribution in [2.75, 3.05) is 0 Å². The summed E-state index contributed by atoms with van der Waals surface area (Å²) in [4.78, 5) is 3.96. The third-order valence-electron chi connectivity index (χ3n) is 2.62. The van der Waals surface area contributed by atoms with Gasteiger partial charge in [-0.1, -0.05) is 25.9 Å². The zero-order valence-corrected chi connectivity index (χ0v) is 11.3. The summed E-state index contributed by atoms with van der Waals surface area (Å²) in [7, 11) is 1.94. The number of hydrogen-bond donors (Lipinski definition) is 1. The molecule has 0 atom stereocenters. The van der Waals surface area contributed by atoms with Crippen molar-refractivity contribution >= 4 is 0 Å². The highest BCUT2D eigenvalue weighted by Gasteiger charge is 2.21. The highest BCUT2D eigenvalue weighted by Crippen LogP contribution is 2.23. The Balaban J connectivity index is 2.01. The van der Waals surface area contributed by atoms with E-state index >= 15 is 0 Å². The maximum atomic E-state index is 4.68. The van der Waals surface area contributed by atoms with Gasteiger partial charge in [0, 0.05) is 30.8 Å². The van der Waals surface area contributed by atoms with Crippen molar-refractivity contribution in [3.63, 3.8) is 0 Å². The van der Waals surface area contributed by atoms with Crippen LogP contribution >= 0.6 is 0 Å². The number of aryl methyl sites for hydroxylation is 1. The maximum absolute atomic E-state index is 4.68. The minimum Gasteiger partial charge on any atom is -0.343 e. The predicted molar refractivity (Wildman–Crippen MR) is 66.7 cm³/mol. The van der Waals surface area contributed by atoms with E-state index in [2.05, 4.69) is 45.9 Å². The average Bonchev–Trinajstić information content (AvgIpc) is 2.87. The Morgan fingerprint density at radius 1 is 1.33 bits per heavy atom. The van der Waals surface area contributed by atoms with Gasteiger partial charge < -0.3 is 9.84 Å². The summed E-state index contributed by atoms with van der Waals surface area (Å²) < 4.78 is 6.53. The number of nitrogens with zero attached hydrogens (tertiary/aromatic N) is 4. The molecule has 2 rings (SSSR count). The monoisotopic (exact) mass is 249 g/mol. The van der Waals surface area contributed by atoms with Crippen LogP contribution in [0.3, 0.4) is 0 Å². The molecule has 0 aromatic carbocycles. The maximum Gasteiger partial charge on any atom is 0.213 e. The highest BCUT2D eigenvalue weighted by molar-refractivity contribution is 5.23. The quantitative estimate of drug-likeness (QED) is 0.886. The summed E-state index contributed by atoms with van der Waals surface area (Å²) in [6.45, 7) is 7.83. The molecule has 18 heavy (non-hydrogen) atoms. The Morgan fingerprint density at radius 3 is 2.72 bits per heavy atom. The molecule has 2 heterocycles. The summed E-state index contributed by atoms with van der Waals surface area (Å²) in [6, 6.07) is 0. The van der Waals surface area contributed by atoms with E-state index in [1.807, 2.05) is 17.9 Å². The van der Waals surface area contributed by atoms with Crippen LogP contribution in [0.2, 0.25) is 0 Å². The lowest BCUT2D eigenvalue weighted by Crippen LogP contribution is -2.19. The molecule has 98 valence electrons. The molecule has 2 aromatic heterocycles. The second kappa shape index (κ2) is 4.89. The molecular formula is C12H19N5O. The topological polar surface area (TPSA) is 68.8 Å². The molecular weight excluding hydrogens is 230 g/mol. The first-order valence-electron chi connectivity index (χ1n) is 5.96. The molecule has 0 unspecified atom stereocenters. The highest BCUT2D eigenvalue weighted by atomic mass is 16.5. The van der Waals surface area contributed by atoms with Crippen molar-refractivity contribution < 1.29 is 4.52 Å². The lowest BCUT2D eigenvalue weighted by Gasteiger charge is -2.17. The molecule has 0 aliphatic carbocycles. The van der Waals surface area contributed by atoms with Crippen molar-refractivity contribution in [1.82, 2.24) is 25.2 Å². The molecule has 0 aliphatic rings. The molecule has 0 amide bonds. The molecule has 0 bridgehead atoms. The van der Waals surface area contributed by atoms with Gasteiger partial charge in [-0.2, -0.15) is 10.1 Å². The fourth-order valence-electron chi connectivity index (χ4n) is 1.88. The Bertz CT molecular complexity index is 495. The lowest BCUT2D eigenvalue weighted by atomic mass is 9.89. The Morgan fingerprint density at radius 2 is 2.11 bits per heavy atom. The van der Waals surface area contributed by atoms with E-state index in [1.165, 1.54) is 12.0 Å². The summed E-state index contributed by atoms with van der Waals surface area (Å²) in [5.74, 6) is 0.663. The van der Waals surface area contributed by atoms with Crippen LogP contribution in [-0.4, -0.2) is 19.9 Å². The summed E-state index contributed by atoms with van der Waals surface area (Å²) in [5.41, 5.74) is 2.36. The van der Waals surface area contributed by atoms with Gasteiger partial charge in [-0.05, 0) is 0 Å². The Hall–Kier alpha value is -1.69. The van der Waals surface area contributed by atoms with E-state index in [1.54, 1.807) is 0 Å². The zero-order chi connectivity index (χ0) is 13.2. The van der Waals surface area contributed by atoms with Crippen LogP contribution in [0.4, 0.5) is 0 Å². The van der Waals surface area contributed by atoms with Gasteiger partial charge in [0.15, 0.2) is 5.82 Å². The number of rotatable bonds is 4. The molecule has 0 saturated heterocycles. The van der Waals surface area contributed by atoms with Crippen LogP contribution in [0.25, 0.3) is 0 Å². The minimum absolute atomic E-state index is 0.0460. The molecule has 0 saturated carbocycles. The Labute approximate surface area is 106 Å². The first-order chi connectivity index (χ1) is 8.47. The molecule has 0 fully saturated rings. The van der Waals surface area contributed by atoms with Crippen molar-refractivity contribution in [2.24, 2.45) is 7.05 Å². The van der Waals surface area contributed by atoms with Crippen LogP contribution < -0.4 is 5.32 Å². The van der Waals surface area contributed by atoms with E-state index in [0.717, 1.165) is 12.2 Å². The van der Waals surface area contributed by atoms with E-state index in [9.17, 15) is 0 Å². The van der Waals surface area contributed by atoms with E-state index < -0.39 is 0 Å². The first-order valence-corrected chi connectivity index (χ1v) is 5.96. The summed E-state index contributed by atoms with van der Waals surface area (Å²) in [5, 5.41) is 11.6. The normalized spacial score (nSPS) is 12.0. The van der Waals surface area contributed by atoms with Gasteiger partial charge in [-0.25, -0.2) is 0 Å². The standard InChI is InChI=1S/C12H19N5O/c1-12(2,3)11-9(7-17(4)15-11)5-13-6-10-14-8-18-16-10/h7-8,13H,5-6H2,1-4H3.